The first-order chi connectivity index (χ1) is 19.9. The minimum absolute atomic E-state index is 0.0305. The van der Waals surface area contributed by atoms with E-state index in [1.165, 1.54) is 6.07 Å². The van der Waals surface area contributed by atoms with Crippen molar-refractivity contribution in [1.29, 1.82) is 0 Å². The van der Waals surface area contributed by atoms with Gasteiger partial charge in [0.05, 0.1) is 13.2 Å². The highest BCUT2D eigenvalue weighted by Gasteiger charge is 2.47. The Morgan fingerprint density at radius 1 is 0.786 bits per heavy atom. The van der Waals surface area contributed by atoms with Crippen LogP contribution in [-0.2, 0) is 14.2 Å². The van der Waals surface area contributed by atoms with Crippen molar-refractivity contribution in [1.82, 2.24) is 0 Å². The fourth-order valence-corrected chi connectivity index (χ4v) is 4.61. The minimum atomic E-state index is -1.96. The van der Waals surface area contributed by atoms with Crippen LogP contribution in [0.4, 0.5) is 0 Å². The van der Waals surface area contributed by atoms with Crippen molar-refractivity contribution < 1.29 is 74.4 Å². The zero-order chi connectivity index (χ0) is 30.5. The van der Waals surface area contributed by atoms with Crippen LogP contribution in [0.2, 0.25) is 0 Å². The van der Waals surface area contributed by atoms with E-state index in [9.17, 15) is 55.9 Å². The van der Waals surface area contributed by atoms with Gasteiger partial charge in [0.2, 0.25) is 17.5 Å². The van der Waals surface area contributed by atoms with Crippen molar-refractivity contribution in [3.63, 3.8) is 0 Å². The molecule has 5 rings (SSSR count). The molecule has 0 amide bonds. The predicted octanol–water partition coefficient (Wildman–Crippen LogP) is -2.08. The molecule has 2 aliphatic heterocycles. The van der Waals surface area contributed by atoms with Gasteiger partial charge in [-0.2, -0.15) is 0 Å². The van der Waals surface area contributed by atoms with E-state index in [1.54, 1.807) is 0 Å². The van der Waals surface area contributed by atoms with E-state index in [0.29, 0.717) is 0 Å². The Hall–Kier alpha value is -3.71. The van der Waals surface area contributed by atoms with Gasteiger partial charge < -0.3 is 74.4 Å². The summed E-state index contributed by atoms with van der Waals surface area (Å²) < 4.78 is 27.5. The molecule has 3 heterocycles. The predicted molar refractivity (Wildman–Crippen MR) is 136 cm³/mol. The lowest BCUT2D eigenvalue weighted by Crippen LogP contribution is -2.61. The highest BCUT2D eigenvalue weighted by atomic mass is 16.7. The number of benzene rings is 2. The number of aromatic hydroxyl groups is 4. The maximum absolute atomic E-state index is 13.5. The number of hydrogen-bond acceptors (Lipinski definition) is 16. The van der Waals surface area contributed by atoms with Gasteiger partial charge in [0.15, 0.2) is 23.5 Å². The Labute approximate surface area is 235 Å². The van der Waals surface area contributed by atoms with Gasteiger partial charge in [-0.15, -0.1) is 0 Å². The van der Waals surface area contributed by atoms with Crippen LogP contribution in [0.15, 0.2) is 39.5 Å². The summed E-state index contributed by atoms with van der Waals surface area (Å²) in [6.45, 7) is -0.970. The van der Waals surface area contributed by atoms with Gasteiger partial charge in [-0.3, -0.25) is 4.79 Å². The summed E-state index contributed by atoms with van der Waals surface area (Å²) in [6.07, 6.45) is -15.1. The summed E-state index contributed by atoms with van der Waals surface area (Å²) in [5, 5.41) is 101. The third kappa shape index (κ3) is 5.42. The Bertz CT molecular complexity index is 1510. The van der Waals surface area contributed by atoms with Gasteiger partial charge in [0.1, 0.15) is 65.2 Å². The van der Waals surface area contributed by atoms with Gasteiger partial charge in [-0.05, 0) is 18.2 Å². The number of rotatable bonds is 6. The lowest BCUT2D eigenvalue weighted by atomic mass is 9.99. The van der Waals surface area contributed by atoms with E-state index >= 15 is 0 Å². The van der Waals surface area contributed by atoms with Crippen molar-refractivity contribution in [2.45, 2.75) is 55.3 Å². The highest BCUT2D eigenvalue weighted by molar-refractivity contribution is 5.88. The molecule has 16 heteroatoms. The summed E-state index contributed by atoms with van der Waals surface area (Å²) in [5.41, 5.74) is -1.35. The van der Waals surface area contributed by atoms with Crippen molar-refractivity contribution in [3.05, 3.63) is 40.6 Å². The van der Waals surface area contributed by atoms with Crippen molar-refractivity contribution in [3.8, 4) is 40.1 Å². The van der Waals surface area contributed by atoms with Crippen LogP contribution in [0, 0.1) is 0 Å². The molecular formula is C26H28O16. The summed E-state index contributed by atoms with van der Waals surface area (Å²) in [6, 6.07) is 5.23. The van der Waals surface area contributed by atoms with Gasteiger partial charge >= 0.3 is 0 Å². The Morgan fingerprint density at radius 3 is 2.21 bits per heavy atom. The molecule has 228 valence electrons. The quantitative estimate of drug-likeness (QED) is 0.137. The SMILES string of the molecule is O=c1c(O[C@@H]2O[C@H](COC3OC[C@@H](O)[C@H](O)[C@H]3O)[C@@H](O)[C@H](O)[C@H]2O)c(-c2ccc(O)c(O)c2)oc2cc(O)cc(O)c12. The van der Waals surface area contributed by atoms with Crippen LogP contribution < -0.4 is 10.2 Å². The largest absolute Gasteiger partial charge is 0.508 e. The summed E-state index contributed by atoms with van der Waals surface area (Å²) in [4.78, 5) is 13.5. The molecule has 0 saturated carbocycles. The Balaban J connectivity index is 1.48. The van der Waals surface area contributed by atoms with E-state index in [-0.39, 0.29) is 17.8 Å². The van der Waals surface area contributed by atoms with E-state index < -0.39 is 107 Å². The second-order valence-corrected chi connectivity index (χ2v) is 9.85. The third-order valence-electron chi connectivity index (χ3n) is 6.94. The summed E-state index contributed by atoms with van der Waals surface area (Å²) in [7, 11) is 0. The zero-order valence-corrected chi connectivity index (χ0v) is 21.4. The number of aliphatic hydroxyl groups excluding tert-OH is 6. The average Bonchev–Trinajstić information content (AvgIpc) is 2.94. The van der Waals surface area contributed by atoms with Crippen LogP contribution >= 0.6 is 0 Å². The van der Waals surface area contributed by atoms with Crippen molar-refractivity contribution in [2.24, 2.45) is 0 Å². The smallest absolute Gasteiger partial charge is 0.239 e. The molecule has 9 atom stereocenters. The van der Waals surface area contributed by atoms with Crippen molar-refractivity contribution >= 4 is 11.0 Å². The first-order valence-corrected chi connectivity index (χ1v) is 12.6. The van der Waals surface area contributed by atoms with Crippen LogP contribution in [0.25, 0.3) is 22.3 Å². The van der Waals surface area contributed by atoms with Crippen LogP contribution in [-0.4, -0.2) is 120 Å². The molecule has 0 radical (unpaired) electrons. The molecule has 3 aromatic rings. The average molecular weight is 596 g/mol. The van der Waals surface area contributed by atoms with Crippen LogP contribution in [0.1, 0.15) is 0 Å². The minimum Gasteiger partial charge on any atom is -0.508 e. The number of phenolic OH excluding ortho intramolecular Hbond substituents is 4. The van der Waals surface area contributed by atoms with Gasteiger partial charge in [0.25, 0.3) is 0 Å². The Morgan fingerprint density at radius 2 is 1.50 bits per heavy atom. The summed E-state index contributed by atoms with van der Waals surface area (Å²) >= 11 is 0. The second kappa shape index (κ2) is 11.5. The number of aliphatic hydroxyl groups is 6. The Kier molecular flexibility index (Phi) is 8.17. The van der Waals surface area contributed by atoms with Gasteiger partial charge in [-0.1, -0.05) is 0 Å². The molecule has 1 unspecified atom stereocenters. The molecule has 0 spiro atoms. The lowest BCUT2D eigenvalue weighted by molar-refractivity contribution is -0.307. The maximum atomic E-state index is 13.5. The molecule has 1 aromatic heterocycles. The van der Waals surface area contributed by atoms with E-state index in [2.05, 4.69) is 0 Å². The lowest BCUT2D eigenvalue weighted by Gasteiger charge is -2.41. The summed E-state index contributed by atoms with van der Waals surface area (Å²) in [5.74, 6) is -3.33. The van der Waals surface area contributed by atoms with E-state index in [1.807, 2.05) is 0 Å². The van der Waals surface area contributed by atoms with Crippen LogP contribution in [0.5, 0.6) is 28.7 Å². The normalized spacial score (nSPS) is 31.7. The number of ether oxygens (including phenoxy) is 4. The molecule has 0 bridgehead atoms. The third-order valence-corrected chi connectivity index (χ3v) is 6.94. The highest BCUT2D eigenvalue weighted by Crippen LogP contribution is 2.39. The van der Waals surface area contributed by atoms with E-state index in [4.69, 9.17) is 23.4 Å². The molecule has 2 saturated heterocycles. The first-order valence-electron chi connectivity index (χ1n) is 12.6. The molecule has 10 N–H and O–H groups in total. The maximum Gasteiger partial charge on any atom is 0.239 e. The topological polar surface area (TPSA) is 269 Å². The molecule has 2 aliphatic rings. The fraction of sp³-hybridized carbons (Fsp3) is 0.423. The van der Waals surface area contributed by atoms with Gasteiger partial charge in [0, 0.05) is 17.7 Å². The van der Waals surface area contributed by atoms with Gasteiger partial charge in [-0.25, -0.2) is 0 Å². The van der Waals surface area contributed by atoms with Crippen LogP contribution in [0.3, 0.4) is 0 Å². The first kappa shape index (κ1) is 29.8. The molecular weight excluding hydrogens is 568 g/mol. The number of fused-ring (bicyclic) bond motifs is 1. The molecule has 42 heavy (non-hydrogen) atoms. The zero-order valence-electron chi connectivity index (χ0n) is 21.4. The molecule has 16 nitrogen and oxygen atoms in total. The molecule has 2 aromatic carbocycles. The molecule has 2 fully saturated rings. The fourth-order valence-electron chi connectivity index (χ4n) is 4.61. The van der Waals surface area contributed by atoms with Crippen molar-refractivity contribution in [2.75, 3.05) is 13.2 Å². The second-order valence-electron chi connectivity index (χ2n) is 9.85. The number of hydrogen-bond donors (Lipinski definition) is 10. The monoisotopic (exact) mass is 596 g/mol. The molecule has 0 aliphatic carbocycles. The number of phenols is 4. The van der Waals surface area contributed by atoms with E-state index in [0.717, 1.165) is 24.3 Å². The standard InChI is InChI=1S/C26H28O16/c27-9-4-12(30)16-14(5-9)40-23(8-1-2-10(28)11(29)3-8)24(19(16)34)42-26-22(37)20(35)18(33)15(41-26)7-39-25-21(36)17(32)13(31)6-38-25/h1-5,13,15,17-18,20-22,25-33,35-37H,6-7H2/t13-,15-,17+,18-,20+,21-,22-,25?,26+/m1/s1.